The van der Waals surface area contributed by atoms with Crippen LogP contribution >= 0.6 is 11.6 Å². The molecule has 142 valence electrons. The van der Waals surface area contributed by atoms with Crippen LogP contribution < -0.4 is 5.32 Å². The lowest BCUT2D eigenvalue weighted by Crippen LogP contribution is -2.37. The molecule has 4 rings (SSSR count). The molecule has 0 radical (unpaired) electrons. The molecule has 1 atom stereocenters. The Labute approximate surface area is 162 Å². The quantitative estimate of drug-likeness (QED) is 0.527. The Hall–Kier alpha value is -1.96. The highest BCUT2D eigenvalue weighted by atomic mass is 35.5. The average molecular weight is 408 g/mol. The van der Waals surface area contributed by atoms with E-state index in [4.69, 9.17) is 11.6 Å². The van der Waals surface area contributed by atoms with Gasteiger partial charge in [-0.1, -0.05) is 18.0 Å². The fourth-order valence-electron chi connectivity index (χ4n) is 3.55. The van der Waals surface area contributed by atoms with Crippen LogP contribution in [0.4, 0.5) is 4.39 Å². The van der Waals surface area contributed by atoms with Gasteiger partial charge in [-0.05, 0) is 49.7 Å². The molecule has 3 heterocycles. The summed E-state index contributed by atoms with van der Waals surface area (Å²) in [6, 6.07) is 6.81. The smallest absolute Gasteiger partial charge is 0.208 e. The summed E-state index contributed by atoms with van der Waals surface area (Å²) >= 11 is 6.06. The van der Waals surface area contributed by atoms with Crippen LogP contribution in [0.2, 0.25) is 5.15 Å². The average Bonchev–Trinajstić information content (AvgIpc) is 3.01. The van der Waals surface area contributed by atoms with Gasteiger partial charge in [-0.25, -0.2) is 17.8 Å². The number of nitrogens with zero attached hydrogens (tertiary/aromatic N) is 2. The minimum atomic E-state index is -3.81. The van der Waals surface area contributed by atoms with E-state index in [0.717, 1.165) is 43.5 Å². The number of pyridine rings is 1. The van der Waals surface area contributed by atoms with E-state index in [1.54, 1.807) is 12.3 Å². The van der Waals surface area contributed by atoms with Gasteiger partial charge < -0.3 is 9.88 Å². The number of piperidine rings is 1. The molecule has 2 aromatic heterocycles. The molecule has 8 heteroatoms. The first kappa shape index (κ1) is 18.4. The minimum absolute atomic E-state index is 0.0497. The van der Waals surface area contributed by atoms with Crippen LogP contribution in [-0.4, -0.2) is 30.6 Å². The third kappa shape index (κ3) is 3.59. The van der Waals surface area contributed by atoms with Gasteiger partial charge in [0.15, 0.2) is 0 Å². The van der Waals surface area contributed by atoms with Gasteiger partial charge in [0.1, 0.15) is 11.0 Å². The van der Waals surface area contributed by atoms with Crippen LogP contribution in [0.5, 0.6) is 0 Å². The van der Waals surface area contributed by atoms with Crippen LogP contribution in [0.15, 0.2) is 52.5 Å². The van der Waals surface area contributed by atoms with Crippen molar-refractivity contribution in [1.82, 2.24) is 14.9 Å². The van der Waals surface area contributed by atoms with Crippen molar-refractivity contribution in [3.63, 3.8) is 0 Å². The zero-order valence-corrected chi connectivity index (χ0v) is 16.1. The molecule has 3 aromatic rings. The summed E-state index contributed by atoms with van der Waals surface area (Å²) in [4.78, 5) is 4.27. The molecule has 1 fully saturated rings. The minimum Gasteiger partial charge on any atom is -0.344 e. The van der Waals surface area contributed by atoms with Crippen molar-refractivity contribution in [2.75, 3.05) is 6.54 Å². The highest BCUT2D eigenvalue weighted by molar-refractivity contribution is 7.91. The van der Waals surface area contributed by atoms with Crippen molar-refractivity contribution in [2.24, 2.45) is 0 Å². The van der Waals surface area contributed by atoms with E-state index >= 15 is 0 Å². The molecule has 1 aromatic carbocycles. The van der Waals surface area contributed by atoms with Crippen molar-refractivity contribution in [3.05, 3.63) is 53.7 Å². The first-order chi connectivity index (χ1) is 12.9. The molecular weight excluding hydrogens is 389 g/mol. The molecule has 1 aliphatic rings. The van der Waals surface area contributed by atoms with Gasteiger partial charge in [-0.2, -0.15) is 0 Å². The number of benzene rings is 1. The number of nitrogens with one attached hydrogen (secondary N) is 1. The van der Waals surface area contributed by atoms with Crippen LogP contribution in [0.3, 0.4) is 0 Å². The van der Waals surface area contributed by atoms with E-state index < -0.39 is 15.7 Å². The van der Waals surface area contributed by atoms with Gasteiger partial charge in [0.2, 0.25) is 9.84 Å². The fourth-order valence-corrected chi connectivity index (χ4v) is 5.16. The Balaban J connectivity index is 1.82. The lowest BCUT2D eigenvalue weighted by molar-refractivity contribution is 0.366. The molecule has 1 saturated heterocycles. The maximum atomic E-state index is 13.2. The molecule has 0 aliphatic carbocycles. The van der Waals surface area contributed by atoms with E-state index in [1.165, 1.54) is 18.3 Å². The van der Waals surface area contributed by atoms with Gasteiger partial charge in [0.25, 0.3) is 0 Å². The van der Waals surface area contributed by atoms with Crippen LogP contribution in [0.25, 0.3) is 10.9 Å². The second-order valence-corrected chi connectivity index (χ2v) is 9.08. The summed E-state index contributed by atoms with van der Waals surface area (Å²) in [5, 5.41) is 4.30. The number of hydrogen-bond acceptors (Lipinski definition) is 4. The molecule has 0 spiro atoms. The first-order valence-corrected chi connectivity index (χ1v) is 10.7. The molecule has 0 saturated carbocycles. The van der Waals surface area contributed by atoms with E-state index in [1.807, 2.05) is 4.57 Å². The van der Waals surface area contributed by atoms with E-state index in [9.17, 15) is 12.8 Å². The molecule has 0 bridgehead atoms. The zero-order valence-electron chi connectivity index (χ0n) is 14.5. The van der Waals surface area contributed by atoms with E-state index in [0.29, 0.717) is 17.1 Å². The summed E-state index contributed by atoms with van der Waals surface area (Å²) in [7, 11) is -3.81. The summed E-state index contributed by atoms with van der Waals surface area (Å²) in [5.41, 5.74) is 0.725. The largest absolute Gasteiger partial charge is 0.344 e. The Morgan fingerprint density at radius 2 is 2.04 bits per heavy atom. The third-order valence-corrected chi connectivity index (χ3v) is 6.94. The summed E-state index contributed by atoms with van der Waals surface area (Å²) in [6.07, 6.45) is 6.47. The van der Waals surface area contributed by atoms with Gasteiger partial charge in [0, 0.05) is 30.4 Å². The molecule has 27 heavy (non-hydrogen) atoms. The van der Waals surface area contributed by atoms with Gasteiger partial charge in [-0.3, -0.25) is 0 Å². The fraction of sp³-hybridized carbons (Fsp3) is 0.316. The van der Waals surface area contributed by atoms with Gasteiger partial charge >= 0.3 is 0 Å². The number of halogens is 2. The standard InChI is InChI=1S/C19H19ClFN3O2S/c20-19-9-17-16(10-23-19)18(12-24(17)11-14-3-1-2-8-22-14)27(25,26)15-6-4-13(21)5-7-15/h4-7,9-10,12,14,22H,1-3,8,11H2. The second kappa shape index (κ2) is 7.22. The van der Waals surface area contributed by atoms with Crippen molar-refractivity contribution < 1.29 is 12.8 Å². The molecule has 0 amide bonds. The van der Waals surface area contributed by atoms with Crippen molar-refractivity contribution >= 4 is 32.3 Å². The van der Waals surface area contributed by atoms with Crippen molar-refractivity contribution in [1.29, 1.82) is 0 Å². The number of hydrogen-bond donors (Lipinski definition) is 1. The maximum Gasteiger partial charge on any atom is 0.208 e. The topological polar surface area (TPSA) is 64.0 Å². The zero-order chi connectivity index (χ0) is 19.0. The molecule has 1 N–H and O–H groups in total. The van der Waals surface area contributed by atoms with Gasteiger partial charge in [0.05, 0.1) is 15.3 Å². The number of fused-ring (bicyclic) bond motifs is 1. The van der Waals surface area contributed by atoms with E-state index in [2.05, 4.69) is 10.3 Å². The monoisotopic (exact) mass is 407 g/mol. The van der Waals surface area contributed by atoms with Crippen molar-refractivity contribution in [2.45, 2.75) is 41.6 Å². The molecular formula is C19H19ClFN3O2S. The van der Waals surface area contributed by atoms with Gasteiger partial charge in [-0.15, -0.1) is 0 Å². The van der Waals surface area contributed by atoms with Crippen LogP contribution in [0, 0.1) is 5.82 Å². The SMILES string of the molecule is O=S(=O)(c1ccc(F)cc1)c1cn(CC2CCCCN2)c2cc(Cl)ncc12. The highest BCUT2D eigenvalue weighted by Gasteiger charge is 2.25. The summed E-state index contributed by atoms with van der Waals surface area (Å²) in [5.74, 6) is -0.479. The lowest BCUT2D eigenvalue weighted by atomic mass is 10.1. The third-order valence-electron chi connectivity index (χ3n) is 4.94. The van der Waals surface area contributed by atoms with Crippen molar-refractivity contribution in [3.8, 4) is 0 Å². The number of aromatic nitrogens is 2. The number of rotatable bonds is 4. The highest BCUT2D eigenvalue weighted by Crippen LogP contribution is 2.31. The summed E-state index contributed by atoms with van der Waals surface area (Å²) in [6.45, 7) is 1.61. The summed E-state index contributed by atoms with van der Waals surface area (Å²) < 4.78 is 41.4. The first-order valence-electron chi connectivity index (χ1n) is 8.83. The Morgan fingerprint density at radius 3 is 2.74 bits per heavy atom. The maximum absolute atomic E-state index is 13.2. The predicted molar refractivity (Wildman–Crippen MR) is 102 cm³/mol. The number of sulfone groups is 1. The second-order valence-electron chi connectivity index (χ2n) is 6.77. The molecule has 1 unspecified atom stereocenters. The predicted octanol–water partition coefficient (Wildman–Crippen LogP) is 3.80. The molecule has 5 nitrogen and oxygen atoms in total. The van der Waals surface area contributed by atoms with Crippen LogP contribution in [0.1, 0.15) is 19.3 Å². The van der Waals surface area contributed by atoms with Crippen LogP contribution in [-0.2, 0) is 16.4 Å². The Bertz CT molecular complexity index is 1070. The lowest BCUT2D eigenvalue weighted by Gasteiger charge is -2.24. The normalized spacial score (nSPS) is 18.1. The van der Waals surface area contributed by atoms with E-state index in [-0.39, 0.29) is 15.8 Å². The Morgan fingerprint density at radius 1 is 1.26 bits per heavy atom. The molecule has 1 aliphatic heterocycles. The Kier molecular flexibility index (Phi) is 4.92.